The van der Waals surface area contributed by atoms with Gasteiger partial charge in [-0.25, -0.2) is 0 Å². The summed E-state index contributed by atoms with van der Waals surface area (Å²) in [4.78, 5) is 12.8. The van der Waals surface area contributed by atoms with Gasteiger partial charge in [-0.3, -0.25) is 4.79 Å². The summed E-state index contributed by atoms with van der Waals surface area (Å²) in [5, 5.41) is 3.20. The van der Waals surface area contributed by atoms with Crippen LogP contribution in [0.1, 0.15) is 55.3 Å². The Hall–Kier alpha value is -2.94. The fourth-order valence-corrected chi connectivity index (χ4v) is 3.63. The number of nitrogens with one attached hydrogen (secondary N) is 1. The molecule has 0 unspecified atom stereocenters. The Balaban J connectivity index is 1.72. The van der Waals surface area contributed by atoms with Crippen LogP contribution in [0.25, 0.3) is 0 Å². The lowest BCUT2D eigenvalue weighted by Gasteiger charge is -2.19. The van der Waals surface area contributed by atoms with Gasteiger partial charge in [0.25, 0.3) is 5.91 Å². The highest BCUT2D eigenvalue weighted by Gasteiger charge is 2.19. The molecule has 1 heterocycles. The second-order valence-electron chi connectivity index (χ2n) is 7.14. The number of carbonyl (C=O) groups excluding carboxylic acids is 1. The molecule has 28 heavy (non-hydrogen) atoms. The first-order valence-electron chi connectivity index (χ1n) is 10.1. The summed E-state index contributed by atoms with van der Waals surface area (Å²) < 4.78 is 1.94. The van der Waals surface area contributed by atoms with Gasteiger partial charge in [0.15, 0.2) is 12.4 Å². The largest absolute Gasteiger partial charge is 0.340 e. The van der Waals surface area contributed by atoms with E-state index in [9.17, 15) is 4.79 Å². The van der Waals surface area contributed by atoms with Gasteiger partial charge in [0.2, 0.25) is 6.54 Å². The predicted molar refractivity (Wildman–Crippen MR) is 113 cm³/mol. The predicted octanol–water partition coefficient (Wildman–Crippen LogP) is 4.78. The molecule has 3 nitrogen and oxygen atoms in total. The normalized spacial score (nSPS) is 11.0. The molecule has 0 spiro atoms. The summed E-state index contributed by atoms with van der Waals surface area (Å²) in [6.07, 6.45) is 6.29. The Kier molecular flexibility index (Phi) is 6.96. The van der Waals surface area contributed by atoms with Gasteiger partial charge in [0.1, 0.15) is 0 Å². The fourth-order valence-electron chi connectivity index (χ4n) is 3.63. The van der Waals surface area contributed by atoms with Gasteiger partial charge >= 0.3 is 0 Å². The van der Waals surface area contributed by atoms with E-state index in [4.69, 9.17) is 0 Å². The van der Waals surface area contributed by atoms with Crippen molar-refractivity contribution < 1.29 is 9.36 Å². The van der Waals surface area contributed by atoms with Gasteiger partial charge in [0.05, 0.1) is 6.04 Å². The van der Waals surface area contributed by atoms with E-state index in [-0.39, 0.29) is 11.9 Å². The van der Waals surface area contributed by atoms with Crippen LogP contribution in [-0.2, 0) is 11.3 Å². The molecule has 1 aromatic heterocycles. The number of pyridine rings is 1. The molecule has 0 bridgehead atoms. The molecule has 144 valence electrons. The number of hydrogen-bond donors (Lipinski definition) is 1. The summed E-state index contributed by atoms with van der Waals surface area (Å²) >= 11 is 0. The number of aromatic nitrogens is 1. The van der Waals surface area contributed by atoms with E-state index in [1.54, 1.807) is 0 Å². The van der Waals surface area contributed by atoms with Crippen molar-refractivity contribution in [2.24, 2.45) is 0 Å². The molecule has 3 rings (SSSR count). The molecule has 2 aromatic carbocycles. The second-order valence-corrected chi connectivity index (χ2v) is 7.14. The number of nitrogens with zero attached hydrogens (tertiary/aromatic N) is 1. The molecule has 0 fully saturated rings. The maximum atomic E-state index is 12.8. The van der Waals surface area contributed by atoms with E-state index in [1.807, 2.05) is 53.4 Å². The summed E-state index contributed by atoms with van der Waals surface area (Å²) in [5.41, 5.74) is 3.50. The SMILES string of the molecule is CCC(CC)c1cc[n+](CC(=O)NC(c2ccccc2)c2ccccc2)cc1. The Bertz CT molecular complexity index is 817. The van der Waals surface area contributed by atoms with E-state index < -0.39 is 0 Å². The summed E-state index contributed by atoms with van der Waals surface area (Å²) in [6, 6.07) is 24.3. The van der Waals surface area contributed by atoms with Gasteiger partial charge in [-0.05, 0) is 35.4 Å². The average Bonchev–Trinajstić information content (AvgIpc) is 2.75. The Morgan fingerprint density at radius 3 is 1.75 bits per heavy atom. The van der Waals surface area contributed by atoms with Crippen molar-refractivity contribution in [3.05, 3.63) is 102 Å². The third kappa shape index (κ3) is 5.07. The van der Waals surface area contributed by atoms with Crippen LogP contribution < -0.4 is 9.88 Å². The minimum absolute atomic E-state index is 0.00186. The van der Waals surface area contributed by atoms with Crippen molar-refractivity contribution in [2.45, 2.75) is 45.2 Å². The molecule has 3 aromatic rings. The van der Waals surface area contributed by atoms with Crippen LogP contribution in [0, 0.1) is 0 Å². The number of carbonyl (C=O) groups is 1. The highest BCUT2D eigenvalue weighted by molar-refractivity contribution is 5.75. The molecule has 3 heteroatoms. The van der Waals surface area contributed by atoms with Gasteiger partial charge in [0, 0.05) is 12.1 Å². The second kappa shape index (κ2) is 9.84. The minimum Gasteiger partial charge on any atom is -0.340 e. The van der Waals surface area contributed by atoms with Gasteiger partial charge < -0.3 is 5.32 Å². The Labute approximate surface area is 168 Å². The van der Waals surface area contributed by atoms with Crippen molar-refractivity contribution in [3.63, 3.8) is 0 Å². The van der Waals surface area contributed by atoms with Crippen LogP contribution in [0.3, 0.4) is 0 Å². The highest BCUT2D eigenvalue weighted by atomic mass is 16.2. The number of hydrogen-bond acceptors (Lipinski definition) is 1. The molecule has 0 aliphatic carbocycles. The third-order valence-electron chi connectivity index (χ3n) is 5.27. The third-order valence-corrected chi connectivity index (χ3v) is 5.27. The van der Waals surface area contributed by atoms with Gasteiger partial charge in [-0.15, -0.1) is 0 Å². The molecule has 0 saturated carbocycles. The molecular weight excluding hydrogens is 344 g/mol. The maximum absolute atomic E-state index is 12.8. The molecule has 0 saturated heterocycles. The molecular formula is C25H29N2O+. The molecule has 0 aliphatic heterocycles. The maximum Gasteiger partial charge on any atom is 0.286 e. The van der Waals surface area contributed by atoms with Crippen LogP contribution in [0.4, 0.5) is 0 Å². The van der Waals surface area contributed by atoms with Gasteiger partial charge in [-0.2, -0.15) is 4.57 Å². The van der Waals surface area contributed by atoms with Gasteiger partial charge in [-0.1, -0.05) is 74.5 Å². The van der Waals surface area contributed by atoms with Crippen molar-refractivity contribution in [3.8, 4) is 0 Å². The standard InChI is InChI=1S/C25H28N2O/c1-3-20(4-2)21-15-17-27(18-16-21)19-24(28)26-25(22-11-7-5-8-12-22)23-13-9-6-10-14-23/h5-18,20,25H,3-4,19H2,1-2H3/p+1. The van der Waals surface area contributed by atoms with Crippen molar-refractivity contribution in [1.29, 1.82) is 0 Å². The summed E-state index contributed by atoms with van der Waals surface area (Å²) in [7, 11) is 0. The monoisotopic (exact) mass is 373 g/mol. The topological polar surface area (TPSA) is 33.0 Å². The minimum atomic E-state index is -0.153. The number of benzene rings is 2. The zero-order chi connectivity index (χ0) is 19.8. The number of amides is 1. The zero-order valence-corrected chi connectivity index (χ0v) is 16.7. The van der Waals surface area contributed by atoms with E-state index in [0.29, 0.717) is 12.5 Å². The van der Waals surface area contributed by atoms with E-state index in [1.165, 1.54) is 5.56 Å². The Morgan fingerprint density at radius 1 is 0.786 bits per heavy atom. The summed E-state index contributed by atoms with van der Waals surface area (Å²) in [6.45, 7) is 4.74. The first-order chi connectivity index (χ1) is 13.7. The van der Waals surface area contributed by atoms with Crippen molar-refractivity contribution in [2.75, 3.05) is 0 Å². The smallest absolute Gasteiger partial charge is 0.286 e. The molecule has 1 amide bonds. The first kappa shape index (κ1) is 19.8. The Morgan fingerprint density at radius 2 is 1.29 bits per heavy atom. The van der Waals surface area contributed by atoms with Crippen LogP contribution in [-0.4, -0.2) is 5.91 Å². The zero-order valence-electron chi connectivity index (χ0n) is 16.7. The van der Waals surface area contributed by atoms with Crippen molar-refractivity contribution >= 4 is 5.91 Å². The van der Waals surface area contributed by atoms with Crippen molar-refractivity contribution in [1.82, 2.24) is 5.32 Å². The van der Waals surface area contributed by atoms with Crippen LogP contribution in [0.2, 0.25) is 0 Å². The molecule has 0 atom stereocenters. The van der Waals surface area contributed by atoms with E-state index in [0.717, 1.165) is 24.0 Å². The van der Waals surface area contributed by atoms with E-state index in [2.05, 4.69) is 55.6 Å². The first-order valence-corrected chi connectivity index (χ1v) is 10.1. The molecule has 0 radical (unpaired) electrons. The van der Waals surface area contributed by atoms with Crippen LogP contribution in [0.15, 0.2) is 85.2 Å². The summed E-state index contributed by atoms with van der Waals surface area (Å²) in [5.74, 6) is 0.585. The fraction of sp³-hybridized carbons (Fsp3) is 0.280. The number of rotatable bonds is 8. The lowest BCUT2D eigenvalue weighted by molar-refractivity contribution is -0.684. The molecule has 0 aliphatic rings. The average molecular weight is 374 g/mol. The van der Waals surface area contributed by atoms with Crippen LogP contribution >= 0.6 is 0 Å². The quantitative estimate of drug-likeness (QED) is 0.566. The highest BCUT2D eigenvalue weighted by Crippen LogP contribution is 2.22. The van der Waals surface area contributed by atoms with Crippen LogP contribution in [0.5, 0.6) is 0 Å². The lowest BCUT2D eigenvalue weighted by atomic mass is 9.95. The molecule has 1 N–H and O–H groups in total. The lowest BCUT2D eigenvalue weighted by Crippen LogP contribution is -2.43. The van der Waals surface area contributed by atoms with E-state index >= 15 is 0 Å².